The maximum absolute atomic E-state index is 11.9. The minimum absolute atomic E-state index is 0.0801. The fourth-order valence-electron chi connectivity index (χ4n) is 2.28. The van der Waals surface area contributed by atoms with Gasteiger partial charge in [0.15, 0.2) is 0 Å². The third-order valence-electron chi connectivity index (χ3n) is 3.39. The maximum atomic E-state index is 11.9. The van der Waals surface area contributed by atoms with Gasteiger partial charge in [0.05, 0.1) is 17.2 Å². The molecule has 122 valence electrons. The van der Waals surface area contributed by atoms with E-state index in [2.05, 4.69) is 15.6 Å². The van der Waals surface area contributed by atoms with Gasteiger partial charge in [-0.05, 0) is 24.6 Å². The van der Waals surface area contributed by atoms with Crippen LogP contribution in [0.4, 0.5) is 16.2 Å². The molecule has 0 atom stereocenters. The van der Waals surface area contributed by atoms with E-state index in [0.29, 0.717) is 5.69 Å². The molecule has 0 saturated carbocycles. The number of carbonyl (C=O) groups is 1. The molecule has 2 amide bonds. The first-order valence-corrected chi connectivity index (χ1v) is 7.25. The van der Waals surface area contributed by atoms with Gasteiger partial charge in [0, 0.05) is 30.2 Å². The summed E-state index contributed by atoms with van der Waals surface area (Å²) in [4.78, 5) is 26.5. The molecule has 0 aliphatic rings. The number of anilines is 1. The topological polar surface area (TPSA) is 102 Å². The maximum Gasteiger partial charge on any atom is 0.319 e. The molecule has 0 bridgehead atoms. The van der Waals surface area contributed by atoms with E-state index in [1.807, 2.05) is 35.9 Å². The van der Waals surface area contributed by atoms with Crippen LogP contribution in [0.1, 0.15) is 11.3 Å². The third kappa shape index (κ3) is 3.49. The molecule has 3 aromatic rings. The van der Waals surface area contributed by atoms with E-state index in [-0.39, 0.29) is 12.2 Å². The number of aromatic nitrogens is 2. The smallest absolute Gasteiger partial charge is 0.319 e. The van der Waals surface area contributed by atoms with E-state index in [1.165, 1.54) is 18.2 Å². The van der Waals surface area contributed by atoms with Gasteiger partial charge in [-0.2, -0.15) is 0 Å². The summed E-state index contributed by atoms with van der Waals surface area (Å²) in [6, 6.07) is 9.17. The van der Waals surface area contributed by atoms with E-state index in [4.69, 9.17) is 0 Å². The lowest BCUT2D eigenvalue weighted by Gasteiger charge is -2.06. The van der Waals surface area contributed by atoms with Crippen molar-refractivity contribution in [3.05, 3.63) is 70.2 Å². The standard InChI is InChI=1S/C16H15N5O3/c1-11-5-6-15-18-13(10-20(15)9-11)8-17-16(22)19-12-3-2-4-14(7-12)21(23)24/h2-7,9-10H,8H2,1H3,(H2,17,19,22). The van der Waals surface area contributed by atoms with Gasteiger partial charge in [0.1, 0.15) is 5.65 Å². The van der Waals surface area contributed by atoms with Crippen LogP contribution in [0.25, 0.3) is 5.65 Å². The second-order valence-electron chi connectivity index (χ2n) is 5.32. The summed E-state index contributed by atoms with van der Waals surface area (Å²) in [6.45, 7) is 2.24. The van der Waals surface area contributed by atoms with Gasteiger partial charge in [0.2, 0.25) is 0 Å². The number of hydrogen-bond donors (Lipinski definition) is 2. The summed E-state index contributed by atoms with van der Waals surface area (Å²) in [5.74, 6) is 0. The molecule has 3 rings (SSSR count). The number of nitrogens with one attached hydrogen (secondary N) is 2. The lowest BCUT2D eigenvalue weighted by atomic mass is 10.3. The predicted octanol–water partition coefficient (Wildman–Crippen LogP) is 2.87. The largest absolute Gasteiger partial charge is 0.332 e. The van der Waals surface area contributed by atoms with Crippen molar-refractivity contribution >= 4 is 23.1 Å². The summed E-state index contributed by atoms with van der Waals surface area (Å²) in [6.07, 6.45) is 3.80. The molecule has 0 spiro atoms. The summed E-state index contributed by atoms with van der Waals surface area (Å²) in [5.41, 5.74) is 2.91. The highest BCUT2D eigenvalue weighted by Gasteiger charge is 2.09. The van der Waals surface area contributed by atoms with Crippen molar-refractivity contribution < 1.29 is 9.72 Å². The van der Waals surface area contributed by atoms with Crippen LogP contribution in [0, 0.1) is 17.0 Å². The molecule has 8 nitrogen and oxygen atoms in total. The number of amides is 2. The first-order chi connectivity index (χ1) is 11.5. The molecule has 0 aliphatic carbocycles. The molecule has 8 heteroatoms. The Balaban J connectivity index is 1.62. The number of nitro benzene ring substituents is 1. The zero-order valence-corrected chi connectivity index (χ0v) is 12.9. The molecule has 0 radical (unpaired) electrons. The number of imidazole rings is 1. The van der Waals surface area contributed by atoms with E-state index < -0.39 is 11.0 Å². The molecular weight excluding hydrogens is 310 g/mol. The Morgan fingerprint density at radius 2 is 2.12 bits per heavy atom. The lowest BCUT2D eigenvalue weighted by molar-refractivity contribution is -0.384. The van der Waals surface area contributed by atoms with E-state index in [0.717, 1.165) is 16.9 Å². The van der Waals surface area contributed by atoms with E-state index >= 15 is 0 Å². The van der Waals surface area contributed by atoms with Crippen molar-refractivity contribution in [3.8, 4) is 0 Å². The van der Waals surface area contributed by atoms with Crippen molar-refractivity contribution in [2.45, 2.75) is 13.5 Å². The van der Waals surface area contributed by atoms with Crippen LogP contribution in [0.2, 0.25) is 0 Å². The van der Waals surface area contributed by atoms with Crippen LogP contribution in [0.3, 0.4) is 0 Å². The van der Waals surface area contributed by atoms with Gasteiger partial charge in [0.25, 0.3) is 5.69 Å². The average Bonchev–Trinajstić information content (AvgIpc) is 2.95. The zero-order valence-electron chi connectivity index (χ0n) is 12.9. The fraction of sp³-hybridized carbons (Fsp3) is 0.125. The number of nitrogens with zero attached hydrogens (tertiary/aromatic N) is 3. The Hall–Kier alpha value is -3.42. The highest BCUT2D eigenvalue weighted by atomic mass is 16.6. The quantitative estimate of drug-likeness (QED) is 0.569. The normalized spacial score (nSPS) is 10.5. The van der Waals surface area contributed by atoms with Crippen LogP contribution < -0.4 is 10.6 Å². The molecular formula is C16H15N5O3. The molecule has 2 N–H and O–H groups in total. The van der Waals surface area contributed by atoms with Gasteiger partial charge in [-0.25, -0.2) is 9.78 Å². The third-order valence-corrected chi connectivity index (χ3v) is 3.39. The molecule has 0 fully saturated rings. The molecule has 0 aliphatic heterocycles. The minimum atomic E-state index is -0.512. The molecule has 2 heterocycles. The number of benzene rings is 1. The van der Waals surface area contributed by atoms with Crippen LogP contribution in [-0.4, -0.2) is 20.3 Å². The SMILES string of the molecule is Cc1ccc2nc(CNC(=O)Nc3cccc([N+](=O)[O-])c3)cn2c1. The van der Waals surface area contributed by atoms with Crippen molar-refractivity contribution in [2.24, 2.45) is 0 Å². The Morgan fingerprint density at radius 3 is 2.92 bits per heavy atom. The van der Waals surface area contributed by atoms with Gasteiger partial charge < -0.3 is 15.0 Å². The number of non-ortho nitro benzene ring substituents is 1. The molecule has 2 aromatic heterocycles. The number of aryl methyl sites for hydroxylation is 1. The summed E-state index contributed by atoms with van der Waals surface area (Å²) in [5, 5.41) is 16.0. The fourth-order valence-corrected chi connectivity index (χ4v) is 2.28. The summed E-state index contributed by atoms with van der Waals surface area (Å²) in [7, 11) is 0. The molecule has 1 aromatic carbocycles. The van der Waals surface area contributed by atoms with Crippen molar-refractivity contribution in [1.29, 1.82) is 0 Å². The number of rotatable bonds is 4. The molecule has 24 heavy (non-hydrogen) atoms. The minimum Gasteiger partial charge on any atom is -0.332 e. The van der Waals surface area contributed by atoms with Gasteiger partial charge in [-0.1, -0.05) is 12.1 Å². The second kappa shape index (κ2) is 6.37. The Kier molecular flexibility index (Phi) is 4.11. The first-order valence-electron chi connectivity index (χ1n) is 7.25. The van der Waals surface area contributed by atoms with Crippen LogP contribution in [0.15, 0.2) is 48.8 Å². The Bertz CT molecular complexity index is 919. The number of pyridine rings is 1. The molecule has 0 saturated heterocycles. The number of nitro groups is 1. The van der Waals surface area contributed by atoms with Crippen molar-refractivity contribution in [3.63, 3.8) is 0 Å². The van der Waals surface area contributed by atoms with Gasteiger partial charge in [-0.15, -0.1) is 0 Å². The van der Waals surface area contributed by atoms with E-state index in [9.17, 15) is 14.9 Å². The molecule has 0 unspecified atom stereocenters. The number of urea groups is 1. The highest BCUT2D eigenvalue weighted by Crippen LogP contribution is 2.16. The Morgan fingerprint density at radius 1 is 1.29 bits per heavy atom. The summed E-state index contributed by atoms with van der Waals surface area (Å²) < 4.78 is 1.89. The van der Waals surface area contributed by atoms with Gasteiger partial charge >= 0.3 is 6.03 Å². The number of fused-ring (bicyclic) bond motifs is 1. The van der Waals surface area contributed by atoms with E-state index in [1.54, 1.807) is 6.07 Å². The lowest BCUT2D eigenvalue weighted by Crippen LogP contribution is -2.28. The first kappa shape index (κ1) is 15.5. The van der Waals surface area contributed by atoms with Crippen LogP contribution >= 0.6 is 0 Å². The van der Waals surface area contributed by atoms with Crippen LogP contribution in [-0.2, 0) is 6.54 Å². The van der Waals surface area contributed by atoms with Crippen LogP contribution in [0.5, 0.6) is 0 Å². The van der Waals surface area contributed by atoms with Crippen molar-refractivity contribution in [1.82, 2.24) is 14.7 Å². The highest BCUT2D eigenvalue weighted by molar-refractivity contribution is 5.89. The summed E-state index contributed by atoms with van der Waals surface area (Å²) >= 11 is 0. The second-order valence-corrected chi connectivity index (χ2v) is 5.32. The monoisotopic (exact) mass is 325 g/mol. The average molecular weight is 325 g/mol. The zero-order chi connectivity index (χ0) is 17.1. The van der Waals surface area contributed by atoms with Gasteiger partial charge in [-0.3, -0.25) is 10.1 Å². The van der Waals surface area contributed by atoms with Crippen molar-refractivity contribution in [2.75, 3.05) is 5.32 Å². The Labute approximate surface area is 137 Å². The predicted molar refractivity (Wildman–Crippen MR) is 88.9 cm³/mol. The number of carbonyl (C=O) groups excluding carboxylic acids is 1. The number of hydrogen-bond acceptors (Lipinski definition) is 4.